The first kappa shape index (κ1) is 19.1. The lowest BCUT2D eigenvalue weighted by atomic mass is 10.1. The highest BCUT2D eigenvalue weighted by molar-refractivity contribution is 5.53. The number of nitrogens with zero attached hydrogens (tertiary/aromatic N) is 3. The van der Waals surface area contributed by atoms with Crippen molar-refractivity contribution in [3.8, 4) is 11.5 Å². The second-order valence-corrected chi connectivity index (χ2v) is 5.90. The van der Waals surface area contributed by atoms with E-state index in [1.165, 1.54) is 6.20 Å². The first-order chi connectivity index (χ1) is 11.9. The molecule has 0 aliphatic heterocycles. The summed E-state index contributed by atoms with van der Waals surface area (Å²) in [5, 5.41) is 2.85. The van der Waals surface area contributed by atoms with Crippen LogP contribution >= 0.6 is 0 Å². The maximum Gasteiger partial charge on any atom is 0.433 e. The van der Waals surface area contributed by atoms with E-state index in [2.05, 4.69) is 34.1 Å². The Bertz CT molecular complexity index is 663. The van der Waals surface area contributed by atoms with E-state index in [0.29, 0.717) is 25.7 Å². The molecule has 136 valence electrons. The Labute approximate surface area is 144 Å². The highest BCUT2D eigenvalue weighted by Gasteiger charge is 2.34. The third-order valence-corrected chi connectivity index (χ3v) is 3.30. The van der Waals surface area contributed by atoms with E-state index in [-0.39, 0.29) is 17.3 Å². The number of aromatic nitrogens is 3. The van der Waals surface area contributed by atoms with Gasteiger partial charge in [0, 0.05) is 25.4 Å². The van der Waals surface area contributed by atoms with Crippen molar-refractivity contribution in [1.29, 1.82) is 0 Å². The number of rotatable bonds is 8. The fourth-order valence-electron chi connectivity index (χ4n) is 1.96. The van der Waals surface area contributed by atoms with Crippen LogP contribution in [-0.2, 0) is 10.9 Å². The molecule has 0 saturated heterocycles. The van der Waals surface area contributed by atoms with E-state index in [1.54, 1.807) is 18.2 Å². The van der Waals surface area contributed by atoms with Crippen LogP contribution in [0, 0.1) is 5.92 Å². The molecule has 2 aromatic rings. The lowest BCUT2D eigenvalue weighted by Crippen LogP contribution is -2.15. The highest BCUT2D eigenvalue weighted by Crippen LogP contribution is 2.30. The Balaban J connectivity index is 2.07. The molecule has 0 amide bonds. The first-order valence-electron chi connectivity index (χ1n) is 8.05. The Kier molecular flexibility index (Phi) is 6.69. The van der Waals surface area contributed by atoms with Crippen LogP contribution in [0.25, 0.3) is 11.5 Å². The van der Waals surface area contributed by atoms with Crippen molar-refractivity contribution in [2.45, 2.75) is 26.4 Å². The molecule has 8 heteroatoms. The third-order valence-electron chi connectivity index (χ3n) is 3.30. The Morgan fingerprint density at radius 2 is 1.96 bits per heavy atom. The van der Waals surface area contributed by atoms with Crippen LogP contribution in [0.15, 0.2) is 30.5 Å². The van der Waals surface area contributed by atoms with Gasteiger partial charge in [-0.2, -0.15) is 13.2 Å². The molecule has 25 heavy (non-hydrogen) atoms. The van der Waals surface area contributed by atoms with Crippen molar-refractivity contribution in [3.63, 3.8) is 0 Å². The lowest BCUT2D eigenvalue weighted by molar-refractivity contribution is -0.141. The number of alkyl halides is 3. The van der Waals surface area contributed by atoms with Gasteiger partial charge < -0.3 is 10.1 Å². The normalized spacial score (nSPS) is 11.8. The summed E-state index contributed by atoms with van der Waals surface area (Å²) in [7, 11) is 0. The highest BCUT2D eigenvalue weighted by atomic mass is 19.4. The fraction of sp³-hybridized carbons (Fsp3) is 0.471. The van der Waals surface area contributed by atoms with Crippen LogP contribution in [0.5, 0.6) is 0 Å². The van der Waals surface area contributed by atoms with Gasteiger partial charge in [-0.05, 0) is 24.5 Å². The largest absolute Gasteiger partial charge is 0.433 e. The number of hydrogen-bond donors (Lipinski definition) is 1. The number of anilines is 1. The molecule has 0 aliphatic carbocycles. The quantitative estimate of drug-likeness (QED) is 0.725. The summed E-state index contributed by atoms with van der Waals surface area (Å²) < 4.78 is 44.6. The second-order valence-electron chi connectivity index (χ2n) is 5.90. The van der Waals surface area contributed by atoms with Crippen molar-refractivity contribution in [2.75, 3.05) is 25.1 Å². The van der Waals surface area contributed by atoms with Crippen molar-refractivity contribution in [1.82, 2.24) is 15.0 Å². The lowest BCUT2D eigenvalue weighted by Gasteiger charge is -2.12. The summed E-state index contributed by atoms with van der Waals surface area (Å²) in [4.78, 5) is 11.7. The smallest absolute Gasteiger partial charge is 0.380 e. The molecule has 2 aromatic heterocycles. The van der Waals surface area contributed by atoms with Gasteiger partial charge in [-0.1, -0.05) is 19.9 Å². The van der Waals surface area contributed by atoms with Crippen LogP contribution < -0.4 is 5.32 Å². The number of pyridine rings is 1. The standard InChI is InChI=1S/C17H21F3N4O/c1-12(2)6-9-25-10-8-22-15-11-14(17(18,19)20)23-16(24-15)13-5-3-4-7-21-13/h3-5,7,11-12H,6,8-10H2,1-2H3,(H,22,23,24). The summed E-state index contributed by atoms with van der Waals surface area (Å²) >= 11 is 0. The number of hydrogen-bond acceptors (Lipinski definition) is 5. The van der Waals surface area contributed by atoms with Crippen molar-refractivity contribution in [2.24, 2.45) is 5.92 Å². The summed E-state index contributed by atoms with van der Waals surface area (Å²) in [6.07, 6.45) is -2.14. The number of ether oxygens (including phenoxy) is 1. The van der Waals surface area contributed by atoms with Crippen LogP contribution in [-0.4, -0.2) is 34.7 Å². The van der Waals surface area contributed by atoms with E-state index in [9.17, 15) is 13.2 Å². The van der Waals surface area contributed by atoms with Gasteiger partial charge in [0.1, 0.15) is 11.5 Å². The van der Waals surface area contributed by atoms with E-state index < -0.39 is 11.9 Å². The molecule has 0 radical (unpaired) electrons. The van der Waals surface area contributed by atoms with Gasteiger partial charge in [-0.25, -0.2) is 9.97 Å². The average molecular weight is 354 g/mol. The monoisotopic (exact) mass is 354 g/mol. The van der Waals surface area contributed by atoms with Gasteiger partial charge in [-0.3, -0.25) is 4.98 Å². The Hall–Kier alpha value is -2.22. The van der Waals surface area contributed by atoms with Crippen LogP contribution in [0.4, 0.5) is 19.0 Å². The molecular formula is C17H21F3N4O. The average Bonchev–Trinajstić information content (AvgIpc) is 2.57. The summed E-state index contributed by atoms with van der Waals surface area (Å²) in [5.74, 6) is 0.569. The number of halogens is 3. The van der Waals surface area contributed by atoms with E-state index in [0.717, 1.165) is 12.5 Å². The maximum atomic E-state index is 13.1. The fourth-order valence-corrected chi connectivity index (χ4v) is 1.96. The minimum absolute atomic E-state index is 0.0707. The van der Waals surface area contributed by atoms with Crippen molar-refractivity contribution in [3.05, 3.63) is 36.2 Å². The molecule has 0 saturated carbocycles. The number of nitrogens with one attached hydrogen (secondary N) is 1. The minimum atomic E-state index is -4.56. The first-order valence-corrected chi connectivity index (χ1v) is 8.05. The third kappa shape index (κ3) is 6.30. The molecule has 5 nitrogen and oxygen atoms in total. The molecule has 0 spiro atoms. The zero-order valence-corrected chi connectivity index (χ0v) is 14.2. The molecule has 0 aliphatic rings. The van der Waals surface area contributed by atoms with Crippen LogP contribution in [0.3, 0.4) is 0 Å². The van der Waals surface area contributed by atoms with Crippen molar-refractivity contribution < 1.29 is 17.9 Å². The predicted molar refractivity (Wildman–Crippen MR) is 89.0 cm³/mol. The molecule has 0 atom stereocenters. The molecule has 1 N–H and O–H groups in total. The van der Waals surface area contributed by atoms with Gasteiger partial charge in [0.15, 0.2) is 11.5 Å². The van der Waals surface area contributed by atoms with Gasteiger partial charge >= 0.3 is 6.18 Å². The van der Waals surface area contributed by atoms with E-state index >= 15 is 0 Å². The summed E-state index contributed by atoms with van der Waals surface area (Å²) in [5.41, 5.74) is -0.726. The zero-order valence-electron chi connectivity index (χ0n) is 14.2. The Morgan fingerprint density at radius 1 is 1.16 bits per heavy atom. The van der Waals surface area contributed by atoms with Gasteiger partial charge in [0.2, 0.25) is 0 Å². The van der Waals surface area contributed by atoms with Crippen LogP contribution in [0.2, 0.25) is 0 Å². The maximum absolute atomic E-state index is 13.1. The topological polar surface area (TPSA) is 59.9 Å². The van der Waals surface area contributed by atoms with Gasteiger partial charge in [-0.15, -0.1) is 0 Å². The molecule has 0 bridgehead atoms. The summed E-state index contributed by atoms with van der Waals surface area (Å²) in [6, 6.07) is 5.79. The van der Waals surface area contributed by atoms with Gasteiger partial charge in [0.25, 0.3) is 0 Å². The predicted octanol–water partition coefficient (Wildman–Crippen LogP) is 4.03. The Morgan fingerprint density at radius 3 is 2.60 bits per heavy atom. The zero-order chi connectivity index (χ0) is 18.3. The molecule has 0 aromatic carbocycles. The van der Waals surface area contributed by atoms with E-state index in [1.807, 2.05) is 0 Å². The van der Waals surface area contributed by atoms with Crippen molar-refractivity contribution >= 4 is 5.82 Å². The van der Waals surface area contributed by atoms with E-state index in [4.69, 9.17) is 4.74 Å². The molecule has 0 unspecified atom stereocenters. The second kappa shape index (κ2) is 8.75. The molecule has 2 rings (SSSR count). The van der Waals surface area contributed by atoms with Gasteiger partial charge in [0.05, 0.1) is 6.61 Å². The SMILES string of the molecule is CC(C)CCOCCNc1cc(C(F)(F)F)nc(-c2ccccn2)n1. The molecule has 2 heterocycles. The van der Waals surface area contributed by atoms with Crippen LogP contribution in [0.1, 0.15) is 26.0 Å². The molecular weight excluding hydrogens is 333 g/mol. The minimum Gasteiger partial charge on any atom is -0.380 e. The summed E-state index contributed by atoms with van der Waals surface area (Å²) in [6.45, 7) is 5.56. The molecule has 0 fully saturated rings.